The van der Waals surface area contributed by atoms with Crippen LogP contribution in [0.2, 0.25) is 0 Å². The topological polar surface area (TPSA) is 82.5 Å². The number of hydrogen-bond acceptors (Lipinski definition) is 6. The summed E-state index contributed by atoms with van der Waals surface area (Å²) in [6.45, 7) is 3.64. The molecule has 0 unspecified atom stereocenters. The zero-order chi connectivity index (χ0) is 19.6. The smallest absolute Gasteiger partial charge is 0.262 e. The molecule has 2 heterocycles. The van der Waals surface area contributed by atoms with Crippen molar-refractivity contribution < 1.29 is 14.3 Å². The summed E-state index contributed by atoms with van der Waals surface area (Å²) in [5.41, 5.74) is 0.303. The fourth-order valence-corrected chi connectivity index (χ4v) is 3.77. The van der Waals surface area contributed by atoms with Gasteiger partial charge in [0.2, 0.25) is 5.91 Å². The van der Waals surface area contributed by atoms with Crippen LogP contribution in [0.4, 0.5) is 5.69 Å². The molecule has 0 aliphatic heterocycles. The highest BCUT2D eigenvalue weighted by Crippen LogP contribution is 2.29. The summed E-state index contributed by atoms with van der Waals surface area (Å²) in [5.74, 6) is 1.27. The Morgan fingerprint density at radius 2 is 2.04 bits per heavy atom. The van der Waals surface area contributed by atoms with Crippen LogP contribution in [-0.4, -0.2) is 29.7 Å². The summed E-state index contributed by atoms with van der Waals surface area (Å²) in [6.07, 6.45) is 0.845. The van der Waals surface area contributed by atoms with Crippen LogP contribution < -0.4 is 20.3 Å². The predicted molar refractivity (Wildman–Crippen MR) is 106 cm³/mol. The van der Waals surface area contributed by atoms with Crippen molar-refractivity contribution >= 4 is 33.1 Å². The Labute approximate surface area is 160 Å². The Hall–Kier alpha value is -2.87. The molecule has 0 fully saturated rings. The highest BCUT2D eigenvalue weighted by molar-refractivity contribution is 7.18. The van der Waals surface area contributed by atoms with Crippen LogP contribution in [-0.2, 0) is 17.8 Å². The second-order valence-corrected chi connectivity index (χ2v) is 7.06. The van der Waals surface area contributed by atoms with E-state index in [2.05, 4.69) is 10.3 Å². The number of fused-ring (bicyclic) bond motifs is 1. The third-order valence-electron chi connectivity index (χ3n) is 4.23. The van der Waals surface area contributed by atoms with Gasteiger partial charge in [0, 0.05) is 10.9 Å². The molecule has 0 saturated heterocycles. The van der Waals surface area contributed by atoms with Gasteiger partial charge in [-0.1, -0.05) is 6.92 Å². The lowest BCUT2D eigenvalue weighted by atomic mass is 10.2. The van der Waals surface area contributed by atoms with E-state index in [1.165, 1.54) is 23.0 Å². The van der Waals surface area contributed by atoms with E-state index < -0.39 is 0 Å². The maximum Gasteiger partial charge on any atom is 0.262 e. The third-order valence-corrected chi connectivity index (χ3v) is 5.40. The number of amides is 1. The molecule has 0 aliphatic rings. The summed E-state index contributed by atoms with van der Waals surface area (Å²) in [6, 6.07) is 6.95. The van der Waals surface area contributed by atoms with Gasteiger partial charge in [-0.05, 0) is 31.5 Å². The first-order valence-corrected chi connectivity index (χ1v) is 9.30. The fourth-order valence-electron chi connectivity index (χ4n) is 2.76. The van der Waals surface area contributed by atoms with E-state index in [-0.39, 0.29) is 18.0 Å². The second kappa shape index (κ2) is 7.79. The number of nitrogens with one attached hydrogen (secondary N) is 1. The van der Waals surface area contributed by atoms with Gasteiger partial charge in [0.05, 0.1) is 25.3 Å². The third kappa shape index (κ3) is 3.80. The van der Waals surface area contributed by atoms with Crippen LogP contribution in [0, 0.1) is 6.92 Å². The van der Waals surface area contributed by atoms with Crippen LogP contribution in [0.25, 0.3) is 10.2 Å². The fraction of sp³-hybridized carbons (Fsp3) is 0.316. The van der Waals surface area contributed by atoms with Gasteiger partial charge in [-0.15, -0.1) is 11.3 Å². The maximum atomic E-state index is 12.8. The zero-order valence-electron chi connectivity index (χ0n) is 15.7. The first kappa shape index (κ1) is 18.9. The summed E-state index contributed by atoms with van der Waals surface area (Å²) >= 11 is 1.51. The Morgan fingerprint density at radius 3 is 2.70 bits per heavy atom. The molecule has 1 amide bonds. The number of aromatic nitrogens is 2. The lowest BCUT2D eigenvalue weighted by molar-refractivity contribution is -0.116. The minimum Gasteiger partial charge on any atom is -0.497 e. The Balaban J connectivity index is 1.87. The van der Waals surface area contributed by atoms with Crippen LogP contribution in [0.1, 0.15) is 17.6 Å². The normalized spacial score (nSPS) is 10.8. The molecule has 0 spiro atoms. The second-order valence-electron chi connectivity index (χ2n) is 5.95. The number of benzene rings is 1. The highest BCUT2D eigenvalue weighted by Gasteiger charge is 2.15. The van der Waals surface area contributed by atoms with Gasteiger partial charge in [0.25, 0.3) is 5.56 Å². The van der Waals surface area contributed by atoms with Crippen LogP contribution in [0.15, 0.2) is 29.1 Å². The van der Waals surface area contributed by atoms with Gasteiger partial charge < -0.3 is 14.8 Å². The summed E-state index contributed by atoms with van der Waals surface area (Å²) < 4.78 is 11.8. The molecule has 1 aromatic carbocycles. The molecule has 8 heteroatoms. The van der Waals surface area contributed by atoms with E-state index in [4.69, 9.17) is 9.47 Å². The van der Waals surface area contributed by atoms with Crippen molar-refractivity contribution in [2.24, 2.45) is 0 Å². The van der Waals surface area contributed by atoms with Gasteiger partial charge in [-0.3, -0.25) is 14.2 Å². The number of hydrogen-bond donors (Lipinski definition) is 1. The van der Waals surface area contributed by atoms with Crippen molar-refractivity contribution in [3.8, 4) is 11.5 Å². The van der Waals surface area contributed by atoms with Crippen molar-refractivity contribution in [3.05, 3.63) is 45.3 Å². The summed E-state index contributed by atoms with van der Waals surface area (Å²) in [4.78, 5) is 31.6. The molecule has 0 saturated carbocycles. The molecule has 2 aromatic heterocycles. The average molecular weight is 387 g/mol. The number of anilines is 1. The Morgan fingerprint density at radius 1 is 1.26 bits per heavy atom. The molecular formula is C19H21N3O4S. The first-order chi connectivity index (χ1) is 13.0. The lowest BCUT2D eigenvalue weighted by Gasteiger charge is -2.13. The number of carbonyl (C=O) groups is 1. The predicted octanol–water partition coefficient (Wildman–Crippen LogP) is 2.98. The number of nitrogens with zero attached hydrogens (tertiary/aromatic N) is 2. The van der Waals surface area contributed by atoms with E-state index in [1.54, 1.807) is 32.2 Å². The minimum atomic E-state index is -0.337. The van der Waals surface area contributed by atoms with E-state index in [0.29, 0.717) is 33.2 Å². The van der Waals surface area contributed by atoms with E-state index in [9.17, 15) is 9.59 Å². The quantitative estimate of drug-likeness (QED) is 0.703. The van der Waals surface area contributed by atoms with E-state index >= 15 is 0 Å². The van der Waals surface area contributed by atoms with Crippen molar-refractivity contribution in [1.82, 2.24) is 9.55 Å². The largest absolute Gasteiger partial charge is 0.497 e. The number of aryl methyl sites for hydroxylation is 2. The van der Waals surface area contributed by atoms with Crippen LogP contribution in [0.3, 0.4) is 0 Å². The molecule has 27 heavy (non-hydrogen) atoms. The number of methoxy groups -OCH3 is 2. The standard InChI is InChI=1S/C19H21N3O4S/c1-5-13-9-14-18(27-13)20-11(2)22(19(14)24)10-17(23)21-15-7-6-12(25-3)8-16(15)26-4/h6-9H,5,10H2,1-4H3,(H,21,23). The molecule has 3 rings (SSSR count). The zero-order valence-corrected chi connectivity index (χ0v) is 16.5. The van der Waals surface area contributed by atoms with E-state index in [1.807, 2.05) is 13.0 Å². The highest BCUT2D eigenvalue weighted by atomic mass is 32.1. The van der Waals surface area contributed by atoms with Gasteiger partial charge in [-0.25, -0.2) is 4.98 Å². The molecule has 0 atom stereocenters. The van der Waals surface area contributed by atoms with Crippen molar-refractivity contribution in [1.29, 1.82) is 0 Å². The molecule has 142 valence electrons. The van der Waals surface area contributed by atoms with E-state index in [0.717, 1.165) is 11.3 Å². The van der Waals surface area contributed by atoms with Gasteiger partial charge in [-0.2, -0.15) is 0 Å². The van der Waals surface area contributed by atoms with Gasteiger partial charge in [0.1, 0.15) is 28.7 Å². The molecular weight excluding hydrogens is 366 g/mol. The number of thiophene rings is 1. The monoisotopic (exact) mass is 387 g/mol. The Bertz CT molecular complexity index is 1060. The molecule has 3 aromatic rings. The maximum absolute atomic E-state index is 12.8. The van der Waals surface area contributed by atoms with Crippen molar-refractivity contribution in [2.75, 3.05) is 19.5 Å². The number of ether oxygens (including phenoxy) is 2. The lowest BCUT2D eigenvalue weighted by Crippen LogP contribution is -2.30. The Kier molecular flexibility index (Phi) is 5.46. The molecule has 0 bridgehead atoms. The molecule has 0 radical (unpaired) electrons. The van der Waals surface area contributed by atoms with Crippen molar-refractivity contribution in [3.63, 3.8) is 0 Å². The summed E-state index contributed by atoms with van der Waals surface area (Å²) in [7, 11) is 3.07. The first-order valence-electron chi connectivity index (χ1n) is 8.48. The molecule has 0 aliphatic carbocycles. The molecule has 1 N–H and O–H groups in total. The average Bonchev–Trinajstić information content (AvgIpc) is 3.08. The minimum absolute atomic E-state index is 0.125. The SMILES string of the molecule is CCc1cc2c(=O)n(CC(=O)Nc3ccc(OC)cc3OC)c(C)nc2s1. The number of carbonyl (C=O) groups excluding carboxylic acids is 1. The molecule has 7 nitrogen and oxygen atoms in total. The summed E-state index contributed by atoms with van der Waals surface area (Å²) in [5, 5.41) is 3.33. The van der Waals surface area contributed by atoms with Gasteiger partial charge in [0.15, 0.2) is 0 Å². The van der Waals surface area contributed by atoms with Crippen molar-refractivity contribution in [2.45, 2.75) is 26.8 Å². The number of rotatable bonds is 6. The van der Waals surface area contributed by atoms with Crippen LogP contribution >= 0.6 is 11.3 Å². The van der Waals surface area contributed by atoms with Crippen LogP contribution in [0.5, 0.6) is 11.5 Å². The van der Waals surface area contributed by atoms with Gasteiger partial charge >= 0.3 is 0 Å².